The summed E-state index contributed by atoms with van der Waals surface area (Å²) in [7, 11) is 0. The van der Waals surface area contributed by atoms with E-state index < -0.39 is 17.5 Å². The van der Waals surface area contributed by atoms with Crippen LogP contribution in [0.5, 0.6) is 0 Å². The summed E-state index contributed by atoms with van der Waals surface area (Å²) in [6.07, 6.45) is 0. The van der Waals surface area contributed by atoms with Crippen LogP contribution in [0.3, 0.4) is 0 Å². The lowest BCUT2D eigenvalue weighted by Crippen LogP contribution is -2.40. The molecule has 1 aromatic heterocycles. The minimum atomic E-state index is -1.12. The van der Waals surface area contributed by atoms with E-state index in [2.05, 4.69) is 5.32 Å². The number of nitrogens with zero attached hydrogens (tertiary/aromatic N) is 2. The number of rotatable bonds is 2. The fourth-order valence-electron chi connectivity index (χ4n) is 1.66. The van der Waals surface area contributed by atoms with Crippen LogP contribution in [0, 0.1) is 11.3 Å². The predicted octanol–water partition coefficient (Wildman–Crippen LogP) is 1.69. The molecule has 0 spiro atoms. The second-order valence-electron chi connectivity index (χ2n) is 3.71. The second-order valence-corrected chi connectivity index (χ2v) is 5.42. The van der Waals surface area contributed by atoms with Gasteiger partial charge in [-0.3, -0.25) is 4.79 Å². The molecule has 1 N–H and O–H groups in total. The van der Waals surface area contributed by atoms with Crippen LogP contribution < -0.4 is 5.32 Å². The Morgan fingerprint density at radius 3 is 2.82 bits per heavy atom. The molecule has 0 aliphatic carbocycles. The molecule has 5 nitrogen and oxygen atoms in total. The van der Waals surface area contributed by atoms with E-state index in [1.165, 1.54) is 11.3 Å². The smallest absolute Gasteiger partial charge is 0.319 e. The third-order valence-corrected chi connectivity index (χ3v) is 4.02. The number of hydrogen-bond donors (Lipinski definition) is 1. The summed E-state index contributed by atoms with van der Waals surface area (Å²) in [5, 5.41) is 11.1. The van der Waals surface area contributed by atoms with Crippen molar-refractivity contribution in [2.45, 2.75) is 12.5 Å². The zero-order valence-corrected chi connectivity index (χ0v) is 10.4. The Kier molecular flexibility index (Phi) is 2.81. The van der Waals surface area contributed by atoms with E-state index in [1.54, 1.807) is 25.1 Å². The molecule has 1 aliphatic rings. The van der Waals surface area contributed by atoms with Crippen LogP contribution in [0.4, 0.5) is 4.79 Å². The van der Waals surface area contributed by atoms with E-state index in [-0.39, 0.29) is 6.54 Å². The zero-order chi connectivity index (χ0) is 12.6. The number of imide groups is 1. The van der Waals surface area contributed by atoms with Gasteiger partial charge >= 0.3 is 6.03 Å². The molecule has 1 aliphatic heterocycles. The Bertz CT molecular complexity index is 536. The molecular weight excluding hydrogens is 262 g/mol. The van der Waals surface area contributed by atoms with E-state index in [9.17, 15) is 9.59 Å². The van der Waals surface area contributed by atoms with E-state index in [1.807, 2.05) is 0 Å². The van der Waals surface area contributed by atoms with E-state index in [4.69, 9.17) is 16.9 Å². The molecule has 1 saturated heterocycles. The number of carbonyl (C=O) groups is 2. The van der Waals surface area contributed by atoms with Gasteiger partial charge in [-0.15, -0.1) is 11.3 Å². The van der Waals surface area contributed by atoms with Crippen LogP contribution in [-0.4, -0.2) is 23.4 Å². The number of carbonyl (C=O) groups excluding carboxylic acids is 2. The summed E-state index contributed by atoms with van der Waals surface area (Å²) in [5.41, 5.74) is -1.12. The van der Waals surface area contributed by atoms with E-state index in [0.29, 0.717) is 9.21 Å². The van der Waals surface area contributed by atoms with Gasteiger partial charge in [0, 0.05) is 4.88 Å². The SMILES string of the molecule is CC1(c2ccc(Cl)s2)NC(=O)N(CC#N)C1=O. The van der Waals surface area contributed by atoms with Gasteiger partial charge in [0.05, 0.1) is 10.4 Å². The molecule has 1 unspecified atom stereocenters. The summed E-state index contributed by atoms with van der Waals surface area (Å²) >= 11 is 7.04. The maximum atomic E-state index is 12.1. The molecule has 0 saturated carbocycles. The molecule has 1 fully saturated rings. The average molecular weight is 270 g/mol. The molecule has 7 heteroatoms. The molecular formula is C10H8ClN3O2S. The molecule has 1 atom stereocenters. The van der Waals surface area contributed by atoms with Gasteiger partial charge in [-0.1, -0.05) is 11.6 Å². The van der Waals surface area contributed by atoms with Crippen LogP contribution in [0.25, 0.3) is 0 Å². The fraction of sp³-hybridized carbons (Fsp3) is 0.300. The predicted molar refractivity (Wildman–Crippen MR) is 62.5 cm³/mol. The minimum absolute atomic E-state index is 0.251. The van der Waals surface area contributed by atoms with Crippen LogP contribution in [0.1, 0.15) is 11.8 Å². The summed E-state index contributed by atoms with van der Waals surface area (Å²) < 4.78 is 0.544. The highest BCUT2D eigenvalue weighted by Gasteiger charge is 2.49. The maximum Gasteiger partial charge on any atom is 0.326 e. The van der Waals surface area contributed by atoms with Crippen LogP contribution in [0.2, 0.25) is 4.34 Å². The van der Waals surface area contributed by atoms with Gasteiger partial charge in [-0.2, -0.15) is 5.26 Å². The van der Waals surface area contributed by atoms with Crippen LogP contribution >= 0.6 is 22.9 Å². The molecule has 17 heavy (non-hydrogen) atoms. The highest BCUT2D eigenvalue weighted by Crippen LogP contribution is 2.35. The number of nitrogens with one attached hydrogen (secondary N) is 1. The van der Waals surface area contributed by atoms with Crippen molar-refractivity contribution < 1.29 is 9.59 Å². The second kappa shape index (κ2) is 4.02. The Morgan fingerprint density at radius 2 is 2.29 bits per heavy atom. The van der Waals surface area contributed by atoms with Crippen molar-refractivity contribution >= 4 is 34.9 Å². The van der Waals surface area contributed by atoms with Gasteiger partial charge in [-0.25, -0.2) is 9.69 Å². The van der Waals surface area contributed by atoms with Crippen LogP contribution in [0.15, 0.2) is 12.1 Å². The van der Waals surface area contributed by atoms with E-state index in [0.717, 1.165) is 4.90 Å². The first-order valence-corrected chi connectivity index (χ1v) is 5.95. The van der Waals surface area contributed by atoms with Gasteiger partial charge in [0.2, 0.25) is 0 Å². The van der Waals surface area contributed by atoms with Crippen molar-refractivity contribution in [1.29, 1.82) is 5.26 Å². The van der Waals surface area contributed by atoms with Crippen molar-refractivity contribution in [3.8, 4) is 6.07 Å². The lowest BCUT2D eigenvalue weighted by atomic mass is 10.0. The zero-order valence-electron chi connectivity index (χ0n) is 8.86. The summed E-state index contributed by atoms with van der Waals surface area (Å²) in [5.74, 6) is -0.428. The first-order valence-electron chi connectivity index (χ1n) is 4.76. The van der Waals surface area contributed by atoms with Gasteiger partial charge in [-0.05, 0) is 19.1 Å². The van der Waals surface area contributed by atoms with Crippen LogP contribution in [-0.2, 0) is 10.3 Å². The molecule has 0 aromatic carbocycles. The van der Waals surface area contributed by atoms with Crippen molar-refractivity contribution in [3.05, 3.63) is 21.3 Å². The molecule has 88 valence electrons. The van der Waals surface area contributed by atoms with Gasteiger partial charge in [0.1, 0.15) is 6.54 Å². The Morgan fingerprint density at radius 1 is 1.59 bits per heavy atom. The standard InChI is InChI=1S/C10H8ClN3O2S/c1-10(6-2-3-7(11)17-6)8(15)14(5-4-12)9(16)13-10/h2-3H,5H2,1H3,(H,13,16). The average Bonchev–Trinajstić information content (AvgIpc) is 2.78. The monoisotopic (exact) mass is 269 g/mol. The highest BCUT2D eigenvalue weighted by atomic mass is 35.5. The van der Waals surface area contributed by atoms with Crippen molar-refractivity contribution in [3.63, 3.8) is 0 Å². The third kappa shape index (κ3) is 1.77. The molecule has 2 rings (SSSR count). The number of hydrogen-bond acceptors (Lipinski definition) is 4. The lowest BCUT2D eigenvalue weighted by Gasteiger charge is -2.19. The number of thiophene rings is 1. The number of urea groups is 1. The molecule has 1 aromatic rings. The Balaban J connectivity index is 2.38. The summed E-state index contributed by atoms with van der Waals surface area (Å²) in [6, 6.07) is 4.60. The van der Waals surface area contributed by atoms with Crippen molar-refractivity contribution in [2.24, 2.45) is 0 Å². The third-order valence-electron chi connectivity index (χ3n) is 2.57. The fourth-order valence-corrected chi connectivity index (χ4v) is 2.80. The van der Waals surface area contributed by atoms with Crippen molar-refractivity contribution in [2.75, 3.05) is 6.54 Å². The summed E-state index contributed by atoms with van der Waals surface area (Å²) in [4.78, 5) is 25.2. The quantitative estimate of drug-likeness (QED) is 0.656. The molecule has 2 heterocycles. The molecule has 3 amide bonds. The van der Waals surface area contributed by atoms with Gasteiger partial charge in [0.25, 0.3) is 5.91 Å². The number of halogens is 1. The Hall–Kier alpha value is -1.58. The number of amides is 3. The minimum Gasteiger partial charge on any atom is -0.319 e. The van der Waals surface area contributed by atoms with E-state index >= 15 is 0 Å². The summed E-state index contributed by atoms with van der Waals surface area (Å²) in [6.45, 7) is 1.35. The van der Waals surface area contributed by atoms with Gasteiger partial charge < -0.3 is 5.32 Å². The van der Waals surface area contributed by atoms with Crippen molar-refractivity contribution in [1.82, 2.24) is 10.2 Å². The first-order chi connectivity index (χ1) is 7.99. The topological polar surface area (TPSA) is 73.2 Å². The largest absolute Gasteiger partial charge is 0.326 e. The molecule has 0 bridgehead atoms. The number of nitriles is 1. The Labute approximate surface area is 107 Å². The van der Waals surface area contributed by atoms with Gasteiger partial charge in [0.15, 0.2) is 5.54 Å². The lowest BCUT2D eigenvalue weighted by molar-refractivity contribution is -0.130. The normalized spacial score (nSPS) is 23.7. The molecule has 0 radical (unpaired) electrons. The highest BCUT2D eigenvalue weighted by molar-refractivity contribution is 7.16. The first kappa shape index (κ1) is 11.9. The maximum absolute atomic E-state index is 12.1.